The van der Waals surface area contributed by atoms with Crippen molar-refractivity contribution in [3.63, 3.8) is 0 Å². The topological polar surface area (TPSA) is 65.2 Å². The third-order valence-corrected chi connectivity index (χ3v) is 1.89. The van der Waals surface area contributed by atoms with Gasteiger partial charge in [0, 0.05) is 0 Å². The first-order valence-corrected chi connectivity index (χ1v) is 4.10. The molecule has 0 fully saturated rings. The number of nitrogens with zero attached hydrogens (tertiary/aromatic N) is 1. The number of pyridine rings is 1. The second kappa shape index (κ2) is 4.20. The highest BCUT2D eigenvalue weighted by Gasteiger charge is 2.21. The molecule has 0 radical (unpaired) electrons. The van der Waals surface area contributed by atoms with Crippen molar-refractivity contribution in [1.82, 2.24) is 4.98 Å². The predicted molar refractivity (Wildman–Crippen MR) is 49.7 cm³/mol. The summed E-state index contributed by atoms with van der Waals surface area (Å²) in [5, 5.41) is 0. The monoisotopic (exact) mass is 216 g/mol. The quantitative estimate of drug-likeness (QED) is 0.764. The van der Waals surface area contributed by atoms with E-state index in [2.05, 4.69) is 9.72 Å². The van der Waals surface area contributed by atoms with Crippen molar-refractivity contribution in [2.45, 2.75) is 13.3 Å². The molecule has 15 heavy (non-hydrogen) atoms. The summed E-state index contributed by atoms with van der Waals surface area (Å²) >= 11 is 0. The lowest BCUT2D eigenvalue weighted by Gasteiger charge is -2.09. The van der Waals surface area contributed by atoms with Crippen LogP contribution in [0.1, 0.15) is 28.2 Å². The van der Waals surface area contributed by atoms with E-state index in [-0.39, 0.29) is 16.9 Å². The minimum atomic E-state index is -2.83. The lowest BCUT2D eigenvalue weighted by molar-refractivity contribution is 0.0587. The van der Waals surface area contributed by atoms with E-state index in [0.717, 1.165) is 13.2 Å². The summed E-state index contributed by atoms with van der Waals surface area (Å²) in [6, 6.07) is 1.15. The number of hydrogen-bond donors (Lipinski definition) is 1. The molecule has 2 N–H and O–H groups in total. The average molecular weight is 216 g/mol. The normalized spacial score (nSPS) is 10.5. The van der Waals surface area contributed by atoms with Gasteiger partial charge in [0.05, 0.1) is 24.1 Å². The molecule has 0 saturated heterocycles. The molecule has 0 aliphatic heterocycles. The van der Waals surface area contributed by atoms with Gasteiger partial charge in [-0.2, -0.15) is 0 Å². The van der Waals surface area contributed by atoms with Crippen LogP contribution in [-0.2, 0) is 4.74 Å². The first kappa shape index (κ1) is 11.4. The summed E-state index contributed by atoms with van der Waals surface area (Å²) in [5.41, 5.74) is 5.01. The summed E-state index contributed by atoms with van der Waals surface area (Å²) < 4.78 is 29.4. The fourth-order valence-electron chi connectivity index (χ4n) is 1.08. The molecule has 0 unspecified atom stereocenters. The van der Waals surface area contributed by atoms with Gasteiger partial charge in [-0.15, -0.1) is 0 Å². The predicted octanol–water partition coefficient (Wildman–Crippen LogP) is 1.70. The number of aromatic nitrogens is 1. The number of carbonyl (C=O) groups is 1. The minimum Gasteiger partial charge on any atom is -0.465 e. The third kappa shape index (κ3) is 2.20. The van der Waals surface area contributed by atoms with Gasteiger partial charge in [0.25, 0.3) is 6.43 Å². The number of alkyl halides is 2. The Hall–Kier alpha value is -1.72. The van der Waals surface area contributed by atoms with Gasteiger partial charge in [0.1, 0.15) is 5.69 Å². The molecule has 1 aromatic heterocycles. The molecule has 0 bridgehead atoms. The number of nitrogen functional groups attached to an aromatic ring is 1. The molecule has 0 saturated carbocycles. The van der Waals surface area contributed by atoms with Crippen LogP contribution in [0.2, 0.25) is 0 Å². The average Bonchev–Trinajstić information content (AvgIpc) is 2.20. The second-order valence-corrected chi connectivity index (χ2v) is 2.89. The fourth-order valence-corrected chi connectivity index (χ4v) is 1.08. The number of methoxy groups -OCH3 is 1. The van der Waals surface area contributed by atoms with Crippen molar-refractivity contribution >= 4 is 11.7 Å². The van der Waals surface area contributed by atoms with E-state index >= 15 is 0 Å². The first-order chi connectivity index (χ1) is 6.97. The summed E-state index contributed by atoms with van der Waals surface area (Å²) in [7, 11) is 1.10. The van der Waals surface area contributed by atoms with E-state index in [1.807, 2.05) is 0 Å². The van der Waals surface area contributed by atoms with Gasteiger partial charge >= 0.3 is 5.97 Å². The Morgan fingerprint density at radius 2 is 2.20 bits per heavy atom. The SMILES string of the molecule is COC(=O)c1cc(N)c(C)nc1C(F)F. The molecule has 82 valence electrons. The van der Waals surface area contributed by atoms with Crippen molar-refractivity contribution in [3.8, 4) is 0 Å². The molecule has 1 rings (SSSR count). The number of hydrogen-bond acceptors (Lipinski definition) is 4. The van der Waals surface area contributed by atoms with Gasteiger partial charge in [0.2, 0.25) is 0 Å². The van der Waals surface area contributed by atoms with E-state index in [1.54, 1.807) is 0 Å². The standard InChI is InChI=1S/C9H10F2N2O2/c1-4-6(12)3-5(9(14)15-2)7(13-4)8(10)11/h3,8H,12H2,1-2H3. The van der Waals surface area contributed by atoms with Crippen LogP contribution < -0.4 is 5.73 Å². The first-order valence-electron chi connectivity index (χ1n) is 4.10. The van der Waals surface area contributed by atoms with Crippen molar-refractivity contribution in [2.75, 3.05) is 12.8 Å². The summed E-state index contributed by atoms with van der Waals surface area (Å²) in [4.78, 5) is 14.7. The van der Waals surface area contributed by atoms with E-state index < -0.39 is 18.1 Å². The van der Waals surface area contributed by atoms with Crippen LogP contribution in [0.4, 0.5) is 14.5 Å². The van der Waals surface area contributed by atoms with E-state index in [0.29, 0.717) is 0 Å². The van der Waals surface area contributed by atoms with Gasteiger partial charge in [0.15, 0.2) is 0 Å². The maximum absolute atomic E-state index is 12.5. The Morgan fingerprint density at radius 1 is 1.60 bits per heavy atom. The summed E-state index contributed by atoms with van der Waals surface area (Å²) in [5.74, 6) is -0.871. The van der Waals surface area contributed by atoms with Crippen molar-refractivity contribution in [2.24, 2.45) is 0 Å². The molecule has 1 heterocycles. The molecular formula is C9H10F2N2O2. The Bertz CT molecular complexity index is 394. The minimum absolute atomic E-state index is 0.180. The van der Waals surface area contributed by atoms with Crippen LogP contribution in [0.3, 0.4) is 0 Å². The zero-order valence-corrected chi connectivity index (χ0v) is 8.25. The van der Waals surface area contributed by atoms with Gasteiger partial charge in [-0.3, -0.25) is 0 Å². The largest absolute Gasteiger partial charge is 0.465 e. The molecule has 0 atom stereocenters. The van der Waals surface area contributed by atoms with Crippen LogP contribution in [0, 0.1) is 6.92 Å². The van der Waals surface area contributed by atoms with E-state index in [9.17, 15) is 13.6 Å². The van der Waals surface area contributed by atoms with Crippen molar-refractivity contribution in [3.05, 3.63) is 23.0 Å². The number of aryl methyl sites for hydroxylation is 1. The van der Waals surface area contributed by atoms with E-state index in [1.165, 1.54) is 6.92 Å². The Morgan fingerprint density at radius 3 is 2.67 bits per heavy atom. The number of halogens is 2. The van der Waals surface area contributed by atoms with E-state index in [4.69, 9.17) is 5.73 Å². The molecule has 0 aliphatic carbocycles. The van der Waals surface area contributed by atoms with Gasteiger partial charge in [-0.05, 0) is 13.0 Å². The number of esters is 1. The number of carbonyl (C=O) groups excluding carboxylic acids is 1. The molecule has 0 amide bonds. The highest BCUT2D eigenvalue weighted by Crippen LogP contribution is 2.24. The Balaban J connectivity index is 3.34. The summed E-state index contributed by atoms with van der Waals surface area (Å²) in [6.07, 6.45) is -2.83. The maximum Gasteiger partial charge on any atom is 0.340 e. The van der Waals surface area contributed by atoms with Crippen LogP contribution in [0.5, 0.6) is 0 Å². The van der Waals surface area contributed by atoms with Gasteiger partial charge in [-0.25, -0.2) is 18.6 Å². The van der Waals surface area contributed by atoms with Crippen LogP contribution in [0.15, 0.2) is 6.07 Å². The highest BCUT2D eigenvalue weighted by molar-refractivity contribution is 5.91. The Kier molecular flexibility index (Phi) is 3.18. The molecule has 4 nitrogen and oxygen atoms in total. The zero-order valence-electron chi connectivity index (χ0n) is 8.25. The molecular weight excluding hydrogens is 206 g/mol. The van der Waals surface area contributed by atoms with Crippen molar-refractivity contribution < 1.29 is 18.3 Å². The number of anilines is 1. The fraction of sp³-hybridized carbons (Fsp3) is 0.333. The molecule has 0 aliphatic rings. The molecule has 0 spiro atoms. The lowest BCUT2D eigenvalue weighted by Crippen LogP contribution is -2.10. The molecule has 0 aromatic carbocycles. The van der Waals surface area contributed by atoms with Gasteiger partial charge in [-0.1, -0.05) is 0 Å². The van der Waals surface area contributed by atoms with Crippen LogP contribution >= 0.6 is 0 Å². The second-order valence-electron chi connectivity index (χ2n) is 2.89. The molecule has 6 heteroatoms. The smallest absolute Gasteiger partial charge is 0.340 e. The number of nitrogens with two attached hydrogens (primary N) is 1. The third-order valence-electron chi connectivity index (χ3n) is 1.89. The summed E-state index contributed by atoms with van der Waals surface area (Å²) in [6.45, 7) is 1.49. The van der Waals surface area contributed by atoms with Crippen LogP contribution in [-0.4, -0.2) is 18.1 Å². The highest BCUT2D eigenvalue weighted by atomic mass is 19.3. The lowest BCUT2D eigenvalue weighted by atomic mass is 10.1. The molecule has 1 aromatic rings. The van der Waals surface area contributed by atoms with Crippen LogP contribution in [0.25, 0.3) is 0 Å². The van der Waals surface area contributed by atoms with Crippen molar-refractivity contribution in [1.29, 1.82) is 0 Å². The maximum atomic E-state index is 12.5. The number of rotatable bonds is 2. The Labute approximate surface area is 85.1 Å². The van der Waals surface area contributed by atoms with Gasteiger partial charge < -0.3 is 10.5 Å². The zero-order chi connectivity index (χ0) is 11.6. The number of ether oxygens (including phenoxy) is 1.